The molecule has 0 bridgehead atoms. The molecule has 1 aliphatic carbocycles. The normalized spacial score (nSPS) is 31.9. The summed E-state index contributed by atoms with van der Waals surface area (Å²) < 4.78 is 18.7. The molecule has 1 aromatic carbocycles. The van der Waals surface area contributed by atoms with Crippen molar-refractivity contribution in [1.29, 1.82) is 0 Å². The first-order valence-corrected chi connectivity index (χ1v) is 14.1. The lowest BCUT2D eigenvalue weighted by atomic mass is 9.76. The molecule has 2 saturated heterocycles. The van der Waals surface area contributed by atoms with Gasteiger partial charge in [-0.2, -0.15) is 0 Å². The fraction of sp³-hybridized carbons (Fsp3) is 0.767. The monoisotopic (exact) mass is 497 g/mol. The van der Waals surface area contributed by atoms with E-state index >= 15 is 0 Å². The number of imidazole rings is 1. The van der Waals surface area contributed by atoms with Crippen molar-refractivity contribution in [3.8, 4) is 0 Å². The van der Waals surface area contributed by atoms with E-state index in [2.05, 4.69) is 69.6 Å². The van der Waals surface area contributed by atoms with E-state index < -0.39 is 5.79 Å². The first-order chi connectivity index (χ1) is 16.8. The van der Waals surface area contributed by atoms with E-state index in [1.54, 1.807) is 0 Å². The molecule has 3 aliphatic rings. The third-order valence-corrected chi connectivity index (χ3v) is 8.57. The van der Waals surface area contributed by atoms with Gasteiger partial charge >= 0.3 is 0 Å². The number of ether oxygens (including phenoxy) is 3. The number of aromatic amines is 1. The minimum atomic E-state index is -0.527. The zero-order valence-electron chi connectivity index (χ0n) is 23.7. The summed E-state index contributed by atoms with van der Waals surface area (Å²) in [7, 11) is 0. The van der Waals surface area contributed by atoms with Crippen molar-refractivity contribution < 1.29 is 14.2 Å². The summed E-state index contributed by atoms with van der Waals surface area (Å²) in [6.07, 6.45) is 6.14. The van der Waals surface area contributed by atoms with Gasteiger partial charge in [-0.3, -0.25) is 4.90 Å². The molecule has 3 fully saturated rings. The van der Waals surface area contributed by atoms with Gasteiger partial charge in [0, 0.05) is 25.0 Å². The summed E-state index contributed by atoms with van der Waals surface area (Å²) in [6, 6.07) is 7.78. The third kappa shape index (κ3) is 5.24. The van der Waals surface area contributed by atoms with Crippen LogP contribution in [0.5, 0.6) is 0 Å². The van der Waals surface area contributed by atoms with Gasteiger partial charge < -0.3 is 19.2 Å². The molecule has 3 heterocycles. The molecular weight excluding hydrogens is 450 g/mol. The molecule has 3 atom stereocenters. The van der Waals surface area contributed by atoms with Crippen LogP contribution in [-0.2, 0) is 26.0 Å². The summed E-state index contributed by atoms with van der Waals surface area (Å²) in [5.74, 6) is 1.41. The molecule has 1 saturated carbocycles. The highest BCUT2D eigenvalue weighted by atomic mass is 16.8. The number of rotatable bonds is 8. The van der Waals surface area contributed by atoms with E-state index in [9.17, 15) is 0 Å². The van der Waals surface area contributed by atoms with Crippen molar-refractivity contribution in [2.75, 3.05) is 13.2 Å². The number of nitrogens with zero attached hydrogens (tertiary/aromatic N) is 2. The molecular formula is C30H47N3O3. The second-order valence-corrected chi connectivity index (χ2v) is 13.5. The van der Waals surface area contributed by atoms with Gasteiger partial charge in [0.1, 0.15) is 17.5 Å². The fourth-order valence-electron chi connectivity index (χ4n) is 6.56. The standard InChI is InChI=1S/C30H47N3O3/c1-19(2)33(17-25-27-30(8,18-34-25)36-29(6,7)35-27)22-14-20(15-22)10-9-11-26-31-23-13-12-21(28(3,4)5)16-24(23)32-26/h12-13,16,19-20,22,25,27H,9-11,14-15,17-18H2,1-8H3,(H,31,32)/t20?,22?,25-,27-,30+/m1/s1. The highest BCUT2D eigenvalue weighted by molar-refractivity contribution is 5.76. The fourth-order valence-corrected chi connectivity index (χ4v) is 6.56. The minimum absolute atomic E-state index is 0.00732. The first-order valence-electron chi connectivity index (χ1n) is 14.1. The Morgan fingerprint density at radius 2 is 1.92 bits per heavy atom. The van der Waals surface area contributed by atoms with Crippen LogP contribution in [0.1, 0.15) is 92.5 Å². The van der Waals surface area contributed by atoms with Gasteiger partial charge in [0.25, 0.3) is 0 Å². The van der Waals surface area contributed by atoms with Gasteiger partial charge in [-0.1, -0.05) is 26.8 Å². The lowest BCUT2D eigenvalue weighted by Crippen LogP contribution is -2.53. The zero-order valence-corrected chi connectivity index (χ0v) is 23.7. The van der Waals surface area contributed by atoms with E-state index in [1.807, 2.05) is 13.8 Å². The Kier molecular flexibility index (Phi) is 6.81. The van der Waals surface area contributed by atoms with Crippen molar-refractivity contribution in [3.63, 3.8) is 0 Å². The van der Waals surface area contributed by atoms with E-state index in [4.69, 9.17) is 19.2 Å². The highest BCUT2D eigenvalue weighted by Crippen LogP contribution is 2.44. The average Bonchev–Trinajstić information content (AvgIpc) is 3.35. The summed E-state index contributed by atoms with van der Waals surface area (Å²) in [6.45, 7) is 19.1. The topological polar surface area (TPSA) is 59.6 Å². The number of aromatic nitrogens is 2. The van der Waals surface area contributed by atoms with Crippen LogP contribution < -0.4 is 0 Å². The lowest BCUT2D eigenvalue weighted by Gasteiger charge is -2.46. The van der Waals surface area contributed by atoms with E-state index in [0.29, 0.717) is 18.7 Å². The molecule has 36 heavy (non-hydrogen) atoms. The molecule has 0 amide bonds. The van der Waals surface area contributed by atoms with Crippen molar-refractivity contribution in [3.05, 3.63) is 29.6 Å². The molecule has 5 rings (SSSR count). The number of nitrogens with one attached hydrogen (secondary N) is 1. The van der Waals surface area contributed by atoms with Gasteiger partial charge in [0.2, 0.25) is 0 Å². The number of hydrogen-bond donors (Lipinski definition) is 1. The van der Waals surface area contributed by atoms with E-state index in [1.165, 1.54) is 36.8 Å². The van der Waals surface area contributed by atoms with Gasteiger partial charge in [0.15, 0.2) is 5.79 Å². The summed E-state index contributed by atoms with van der Waals surface area (Å²) in [4.78, 5) is 11.1. The number of fused-ring (bicyclic) bond motifs is 2. The van der Waals surface area contributed by atoms with Crippen molar-refractivity contribution >= 4 is 11.0 Å². The Hall–Kier alpha value is -1.47. The SMILES string of the molecule is CC(C)N(C[C@H]1OC[C@]2(C)OC(C)(C)O[C@H]12)C1CC(CCCc2nc3ccc(C(C)(C)C)cc3[nH]2)C1. The number of hydrogen-bond acceptors (Lipinski definition) is 5. The van der Waals surface area contributed by atoms with Crippen LogP contribution in [0.4, 0.5) is 0 Å². The predicted molar refractivity (Wildman–Crippen MR) is 144 cm³/mol. The van der Waals surface area contributed by atoms with Gasteiger partial charge in [0.05, 0.1) is 23.7 Å². The minimum Gasteiger partial charge on any atom is -0.371 e. The second kappa shape index (κ2) is 9.37. The van der Waals surface area contributed by atoms with Crippen LogP contribution in [0, 0.1) is 5.92 Å². The van der Waals surface area contributed by atoms with Gasteiger partial charge in [-0.25, -0.2) is 4.98 Å². The van der Waals surface area contributed by atoms with Crippen LogP contribution in [0.15, 0.2) is 18.2 Å². The van der Waals surface area contributed by atoms with Gasteiger partial charge in [-0.15, -0.1) is 0 Å². The molecule has 2 aliphatic heterocycles. The Bertz CT molecular complexity index is 1070. The molecule has 2 aromatic rings. The Balaban J connectivity index is 1.10. The maximum absolute atomic E-state index is 6.28. The van der Waals surface area contributed by atoms with Crippen LogP contribution in [0.25, 0.3) is 11.0 Å². The predicted octanol–water partition coefficient (Wildman–Crippen LogP) is 5.98. The summed E-state index contributed by atoms with van der Waals surface area (Å²) >= 11 is 0. The maximum atomic E-state index is 6.28. The van der Waals surface area contributed by atoms with Crippen molar-refractivity contribution in [1.82, 2.24) is 14.9 Å². The van der Waals surface area contributed by atoms with E-state index in [0.717, 1.165) is 30.2 Å². The van der Waals surface area contributed by atoms with E-state index in [-0.39, 0.29) is 23.2 Å². The summed E-state index contributed by atoms with van der Waals surface area (Å²) in [5, 5.41) is 0. The molecule has 0 unspecified atom stereocenters. The molecule has 6 nitrogen and oxygen atoms in total. The Morgan fingerprint density at radius 1 is 1.17 bits per heavy atom. The third-order valence-electron chi connectivity index (χ3n) is 8.57. The largest absolute Gasteiger partial charge is 0.371 e. The lowest BCUT2D eigenvalue weighted by molar-refractivity contribution is -0.189. The number of H-pyrrole nitrogens is 1. The zero-order chi connectivity index (χ0) is 25.9. The molecule has 1 N–H and O–H groups in total. The Labute approximate surface area is 217 Å². The molecule has 6 heteroatoms. The molecule has 200 valence electrons. The molecule has 0 radical (unpaired) electrons. The Morgan fingerprint density at radius 3 is 2.61 bits per heavy atom. The highest BCUT2D eigenvalue weighted by Gasteiger charge is 2.58. The van der Waals surface area contributed by atoms with Crippen LogP contribution in [0.2, 0.25) is 0 Å². The van der Waals surface area contributed by atoms with Crippen LogP contribution in [0.3, 0.4) is 0 Å². The smallest absolute Gasteiger partial charge is 0.164 e. The number of aryl methyl sites for hydroxylation is 1. The van der Waals surface area contributed by atoms with Crippen molar-refractivity contribution in [2.24, 2.45) is 5.92 Å². The summed E-state index contributed by atoms with van der Waals surface area (Å²) in [5.41, 5.74) is 3.42. The van der Waals surface area contributed by atoms with Gasteiger partial charge in [-0.05, 0) is 89.3 Å². The second-order valence-electron chi connectivity index (χ2n) is 13.5. The number of benzene rings is 1. The van der Waals surface area contributed by atoms with Crippen LogP contribution >= 0.6 is 0 Å². The van der Waals surface area contributed by atoms with Crippen molar-refractivity contribution in [2.45, 2.75) is 129 Å². The molecule has 0 spiro atoms. The first kappa shape index (κ1) is 26.1. The maximum Gasteiger partial charge on any atom is 0.164 e. The quantitative estimate of drug-likeness (QED) is 0.486. The average molecular weight is 498 g/mol. The molecule has 1 aromatic heterocycles. The van der Waals surface area contributed by atoms with Crippen LogP contribution in [-0.4, -0.2) is 63.7 Å².